The zero-order valence-electron chi connectivity index (χ0n) is 12.9. The summed E-state index contributed by atoms with van der Waals surface area (Å²) in [5.74, 6) is -0.407. The first-order valence-electron chi connectivity index (χ1n) is 7.68. The second-order valence-electron chi connectivity index (χ2n) is 5.88. The third-order valence-electron chi connectivity index (χ3n) is 4.28. The minimum atomic E-state index is -0.407. The molecule has 3 aromatic carbocycles. The Morgan fingerprint density at radius 2 is 1.79 bits per heavy atom. The van der Waals surface area contributed by atoms with E-state index in [0.29, 0.717) is 12.1 Å². The Hall–Kier alpha value is -2.59. The topological polar surface area (TPSA) is 48.0 Å². The van der Waals surface area contributed by atoms with Gasteiger partial charge in [0.1, 0.15) is 0 Å². The lowest BCUT2D eigenvalue weighted by Gasteiger charge is -2.07. The van der Waals surface area contributed by atoms with E-state index in [0.717, 1.165) is 15.4 Å². The largest absolute Gasteiger partial charge is 0.366 e. The van der Waals surface area contributed by atoms with E-state index >= 15 is 0 Å². The van der Waals surface area contributed by atoms with E-state index in [4.69, 9.17) is 5.73 Å². The summed E-state index contributed by atoms with van der Waals surface area (Å²) in [5, 5.41) is 3.31. The van der Waals surface area contributed by atoms with Crippen molar-refractivity contribution < 1.29 is 4.79 Å². The van der Waals surface area contributed by atoms with E-state index in [-0.39, 0.29) is 0 Å². The second-order valence-corrected chi connectivity index (χ2v) is 6.79. The number of hydrogen-bond acceptors (Lipinski definition) is 1. The van der Waals surface area contributed by atoms with E-state index in [1.54, 1.807) is 0 Å². The van der Waals surface area contributed by atoms with Crippen LogP contribution in [0.5, 0.6) is 0 Å². The van der Waals surface area contributed by atoms with Gasteiger partial charge in [0, 0.05) is 28.1 Å². The fourth-order valence-corrected chi connectivity index (χ4v) is 3.49. The normalized spacial score (nSPS) is 11.2. The predicted molar refractivity (Wildman–Crippen MR) is 101 cm³/mol. The van der Waals surface area contributed by atoms with E-state index in [1.165, 1.54) is 16.3 Å². The smallest absolute Gasteiger partial charge is 0.250 e. The van der Waals surface area contributed by atoms with Gasteiger partial charge in [-0.3, -0.25) is 4.79 Å². The molecule has 0 saturated heterocycles. The fraction of sp³-hybridized carbons (Fsp3) is 0.0500. The summed E-state index contributed by atoms with van der Waals surface area (Å²) in [6.07, 6.45) is 1.84. The average Bonchev–Trinajstić information content (AvgIpc) is 2.92. The van der Waals surface area contributed by atoms with E-state index in [2.05, 4.69) is 50.8 Å². The molecule has 3 nitrogen and oxygen atoms in total. The molecule has 0 bridgehead atoms. The van der Waals surface area contributed by atoms with E-state index in [1.807, 2.05) is 36.5 Å². The Balaban J connectivity index is 1.82. The van der Waals surface area contributed by atoms with Gasteiger partial charge in [0.15, 0.2) is 0 Å². The summed E-state index contributed by atoms with van der Waals surface area (Å²) in [5.41, 5.74) is 8.28. The number of carbonyl (C=O) groups excluding carboxylic acids is 1. The molecule has 2 N–H and O–H groups in total. The van der Waals surface area contributed by atoms with Gasteiger partial charge in [-0.1, -0.05) is 52.3 Å². The summed E-state index contributed by atoms with van der Waals surface area (Å²) in [4.78, 5) is 11.8. The molecule has 4 rings (SSSR count). The van der Waals surface area contributed by atoms with Crippen LogP contribution in [0, 0.1) is 0 Å². The van der Waals surface area contributed by atoms with Gasteiger partial charge in [-0.25, -0.2) is 0 Å². The number of fused-ring (bicyclic) bond motifs is 2. The van der Waals surface area contributed by atoms with Crippen molar-refractivity contribution in [2.75, 3.05) is 0 Å². The zero-order chi connectivity index (χ0) is 16.7. The fourth-order valence-electron chi connectivity index (χ4n) is 3.13. The van der Waals surface area contributed by atoms with Gasteiger partial charge in [-0.2, -0.15) is 0 Å². The molecule has 0 aliphatic rings. The van der Waals surface area contributed by atoms with Gasteiger partial charge >= 0.3 is 0 Å². The number of nitrogens with zero attached hydrogens (tertiary/aromatic N) is 1. The molecule has 24 heavy (non-hydrogen) atoms. The molecule has 4 aromatic rings. The molecular formula is C20H15BrN2O. The molecule has 0 fully saturated rings. The Kier molecular flexibility index (Phi) is 3.62. The summed E-state index contributed by atoms with van der Waals surface area (Å²) in [7, 11) is 0. The van der Waals surface area contributed by atoms with Crippen LogP contribution in [-0.2, 0) is 6.54 Å². The number of benzene rings is 3. The van der Waals surface area contributed by atoms with Gasteiger partial charge < -0.3 is 10.3 Å². The molecule has 1 amide bonds. The predicted octanol–water partition coefficient (Wildman–Crippen LogP) is 4.70. The molecule has 0 atom stereocenters. The highest BCUT2D eigenvalue weighted by molar-refractivity contribution is 9.10. The molecule has 1 aromatic heterocycles. The third kappa shape index (κ3) is 2.59. The lowest BCUT2D eigenvalue weighted by Crippen LogP contribution is -2.10. The highest BCUT2D eigenvalue weighted by Crippen LogP contribution is 2.26. The molecule has 0 radical (unpaired) electrons. The molecular weight excluding hydrogens is 364 g/mol. The SMILES string of the molecule is NC(=O)c1cn(Cc2ccc3ccccc3c2)c2ccc(Br)cc12. The van der Waals surface area contributed by atoms with Crippen LogP contribution in [0.15, 0.2) is 71.3 Å². The first-order chi connectivity index (χ1) is 11.6. The maximum atomic E-state index is 11.8. The Morgan fingerprint density at radius 1 is 1.00 bits per heavy atom. The van der Waals surface area contributed by atoms with Crippen molar-refractivity contribution >= 4 is 43.5 Å². The van der Waals surface area contributed by atoms with Gasteiger partial charge in [-0.05, 0) is 40.6 Å². The van der Waals surface area contributed by atoms with Crippen LogP contribution < -0.4 is 5.73 Å². The quantitative estimate of drug-likeness (QED) is 0.551. The van der Waals surface area contributed by atoms with Crippen LogP contribution in [0.25, 0.3) is 21.7 Å². The number of carbonyl (C=O) groups is 1. The third-order valence-corrected chi connectivity index (χ3v) is 4.77. The van der Waals surface area contributed by atoms with Crippen molar-refractivity contribution in [3.05, 3.63) is 82.5 Å². The van der Waals surface area contributed by atoms with Crippen molar-refractivity contribution in [3.63, 3.8) is 0 Å². The summed E-state index contributed by atoms with van der Waals surface area (Å²) in [6, 6.07) is 20.6. The highest BCUT2D eigenvalue weighted by atomic mass is 79.9. The van der Waals surface area contributed by atoms with Crippen molar-refractivity contribution in [3.8, 4) is 0 Å². The first kappa shape index (κ1) is 15.0. The van der Waals surface area contributed by atoms with Gasteiger partial charge in [-0.15, -0.1) is 0 Å². The van der Waals surface area contributed by atoms with Gasteiger partial charge in [0.25, 0.3) is 5.91 Å². The lowest BCUT2D eigenvalue weighted by molar-refractivity contribution is 0.100. The maximum absolute atomic E-state index is 11.8. The standard InChI is InChI=1S/C20H15BrN2O/c21-16-7-8-19-17(10-16)18(20(22)24)12-23(19)11-13-5-6-14-3-1-2-4-15(14)9-13/h1-10,12H,11H2,(H2,22,24). The van der Waals surface area contributed by atoms with Crippen LogP contribution in [-0.4, -0.2) is 10.5 Å². The molecule has 0 spiro atoms. The minimum absolute atomic E-state index is 0.407. The molecule has 4 heteroatoms. The van der Waals surface area contributed by atoms with Crippen molar-refractivity contribution in [1.29, 1.82) is 0 Å². The first-order valence-corrected chi connectivity index (χ1v) is 8.47. The summed E-state index contributed by atoms with van der Waals surface area (Å²) in [6.45, 7) is 0.691. The number of primary amides is 1. The minimum Gasteiger partial charge on any atom is -0.366 e. The van der Waals surface area contributed by atoms with Gasteiger partial charge in [0.05, 0.1) is 5.56 Å². The number of halogens is 1. The lowest BCUT2D eigenvalue weighted by atomic mass is 10.1. The molecule has 1 heterocycles. The summed E-state index contributed by atoms with van der Waals surface area (Å²) >= 11 is 3.46. The number of amides is 1. The van der Waals surface area contributed by atoms with E-state index in [9.17, 15) is 4.79 Å². The molecule has 0 saturated carbocycles. The molecule has 118 valence electrons. The van der Waals surface area contributed by atoms with Crippen molar-refractivity contribution in [2.45, 2.75) is 6.54 Å². The molecule has 0 unspecified atom stereocenters. The van der Waals surface area contributed by atoms with Gasteiger partial charge in [0.2, 0.25) is 0 Å². The highest BCUT2D eigenvalue weighted by Gasteiger charge is 2.13. The Labute approximate surface area is 147 Å². The maximum Gasteiger partial charge on any atom is 0.250 e. The monoisotopic (exact) mass is 378 g/mol. The molecule has 0 aliphatic carbocycles. The van der Waals surface area contributed by atoms with Crippen molar-refractivity contribution in [1.82, 2.24) is 4.57 Å². The summed E-state index contributed by atoms with van der Waals surface area (Å²) < 4.78 is 3.01. The van der Waals surface area contributed by atoms with Crippen LogP contribution in [0.3, 0.4) is 0 Å². The number of aromatic nitrogens is 1. The van der Waals surface area contributed by atoms with Crippen LogP contribution >= 0.6 is 15.9 Å². The van der Waals surface area contributed by atoms with Crippen LogP contribution in [0.1, 0.15) is 15.9 Å². The number of hydrogen-bond donors (Lipinski definition) is 1. The second kappa shape index (κ2) is 5.80. The number of nitrogens with two attached hydrogens (primary N) is 1. The Bertz CT molecular complexity index is 1080. The Morgan fingerprint density at radius 3 is 2.58 bits per heavy atom. The zero-order valence-corrected chi connectivity index (χ0v) is 14.5. The average molecular weight is 379 g/mol. The van der Waals surface area contributed by atoms with E-state index < -0.39 is 5.91 Å². The number of rotatable bonds is 3. The van der Waals surface area contributed by atoms with Crippen LogP contribution in [0.2, 0.25) is 0 Å². The van der Waals surface area contributed by atoms with Crippen LogP contribution in [0.4, 0.5) is 0 Å². The van der Waals surface area contributed by atoms with Crippen molar-refractivity contribution in [2.24, 2.45) is 5.73 Å². The molecule has 0 aliphatic heterocycles.